The summed E-state index contributed by atoms with van der Waals surface area (Å²) in [5.74, 6) is -0.298. The molecule has 2 aromatic rings. The Kier molecular flexibility index (Phi) is 4.30. The summed E-state index contributed by atoms with van der Waals surface area (Å²) in [6.45, 7) is 4.03. The number of hydrogen-bond acceptors (Lipinski definition) is 3. The molecule has 0 saturated carbocycles. The zero-order chi connectivity index (χ0) is 14.5. The number of amides is 1. The number of aromatic nitrogens is 2. The van der Waals surface area contributed by atoms with Crippen molar-refractivity contribution in [3.05, 3.63) is 63.6 Å². The van der Waals surface area contributed by atoms with Crippen LogP contribution < -0.4 is 10.9 Å². The number of carbonyl (C=O) groups is 1. The van der Waals surface area contributed by atoms with Crippen LogP contribution in [0.4, 0.5) is 0 Å². The van der Waals surface area contributed by atoms with Gasteiger partial charge in [-0.1, -0.05) is 36.8 Å². The Morgan fingerprint density at radius 1 is 1.25 bits per heavy atom. The predicted molar refractivity (Wildman–Crippen MR) is 76.5 cm³/mol. The summed E-state index contributed by atoms with van der Waals surface area (Å²) in [7, 11) is 0. The van der Waals surface area contributed by atoms with E-state index in [-0.39, 0.29) is 23.2 Å². The number of rotatable bonds is 4. The van der Waals surface area contributed by atoms with Gasteiger partial charge in [0.05, 0.1) is 6.04 Å². The highest BCUT2D eigenvalue weighted by atomic mass is 16.2. The second kappa shape index (κ2) is 6.14. The van der Waals surface area contributed by atoms with Crippen LogP contribution in [-0.4, -0.2) is 16.1 Å². The van der Waals surface area contributed by atoms with Gasteiger partial charge in [0.2, 0.25) is 0 Å². The van der Waals surface area contributed by atoms with Gasteiger partial charge in [0, 0.05) is 6.07 Å². The summed E-state index contributed by atoms with van der Waals surface area (Å²) in [5, 5.41) is 8.89. The van der Waals surface area contributed by atoms with E-state index >= 15 is 0 Å². The van der Waals surface area contributed by atoms with Gasteiger partial charge in [0.25, 0.3) is 11.5 Å². The largest absolute Gasteiger partial charge is 0.344 e. The third-order valence-electron chi connectivity index (χ3n) is 3.11. The summed E-state index contributed by atoms with van der Waals surface area (Å²) in [4.78, 5) is 23.0. The van der Waals surface area contributed by atoms with E-state index in [0.717, 1.165) is 12.0 Å². The Hall–Kier alpha value is -2.43. The van der Waals surface area contributed by atoms with Gasteiger partial charge in [0.1, 0.15) is 5.69 Å². The van der Waals surface area contributed by atoms with E-state index in [2.05, 4.69) is 15.5 Å². The molecule has 1 amide bonds. The SMILES string of the molecule is CCC(NC(=O)c1ccc(=O)[nH]n1)c1ccc(C)cc1. The number of H-pyrrole nitrogens is 1. The summed E-state index contributed by atoms with van der Waals surface area (Å²) in [6, 6.07) is 10.7. The van der Waals surface area contributed by atoms with Crippen LogP contribution in [0.25, 0.3) is 0 Å². The van der Waals surface area contributed by atoms with Crippen LogP contribution in [0.2, 0.25) is 0 Å². The van der Waals surface area contributed by atoms with Gasteiger partial charge in [-0.05, 0) is 25.0 Å². The number of benzene rings is 1. The minimum Gasteiger partial charge on any atom is -0.344 e. The number of nitrogens with zero attached hydrogens (tertiary/aromatic N) is 1. The highest BCUT2D eigenvalue weighted by Gasteiger charge is 2.14. The van der Waals surface area contributed by atoms with Crippen molar-refractivity contribution < 1.29 is 4.79 Å². The maximum atomic E-state index is 12.1. The summed E-state index contributed by atoms with van der Waals surface area (Å²) >= 11 is 0. The normalized spacial score (nSPS) is 11.9. The second-order valence-corrected chi connectivity index (χ2v) is 4.65. The standard InChI is InChI=1S/C15H17N3O2/c1-3-12(11-6-4-10(2)5-7-11)16-15(20)13-8-9-14(19)18-17-13/h4-9,12H,3H2,1-2H3,(H,16,20)(H,18,19). The van der Waals surface area contributed by atoms with E-state index in [0.29, 0.717) is 0 Å². The van der Waals surface area contributed by atoms with E-state index in [4.69, 9.17) is 0 Å². The average molecular weight is 271 g/mol. The molecule has 0 fully saturated rings. The van der Waals surface area contributed by atoms with Crippen LogP contribution in [0.15, 0.2) is 41.2 Å². The van der Waals surface area contributed by atoms with Gasteiger partial charge in [-0.25, -0.2) is 5.10 Å². The molecule has 1 atom stereocenters. The predicted octanol–water partition coefficient (Wildman–Crippen LogP) is 1.96. The van der Waals surface area contributed by atoms with Gasteiger partial charge < -0.3 is 5.32 Å². The number of aryl methyl sites for hydroxylation is 1. The van der Waals surface area contributed by atoms with E-state index < -0.39 is 0 Å². The lowest BCUT2D eigenvalue weighted by molar-refractivity contribution is 0.0929. The third kappa shape index (κ3) is 3.32. The van der Waals surface area contributed by atoms with Crippen LogP contribution in [0.5, 0.6) is 0 Å². The molecule has 0 aliphatic carbocycles. The molecule has 0 saturated heterocycles. The first-order valence-corrected chi connectivity index (χ1v) is 6.53. The summed E-state index contributed by atoms with van der Waals surface area (Å²) in [6.07, 6.45) is 0.776. The van der Waals surface area contributed by atoms with Crippen LogP contribution in [0, 0.1) is 6.92 Å². The van der Waals surface area contributed by atoms with E-state index in [1.54, 1.807) is 0 Å². The zero-order valence-corrected chi connectivity index (χ0v) is 11.5. The molecule has 1 unspecified atom stereocenters. The van der Waals surface area contributed by atoms with Crippen molar-refractivity contribution in [2.45, 2.75) is 26.3 Å². The fourth-order valence-electron chi connectivity index (χ4n) is 1.92. The molecule has 1 heterocycles. The molecular formula is C15H17N3O2. The smallest absolute Gasteiger partial charge is 0.272 e. The summed E-state index contributed by atoms with van der Waals surface area (Å²) < 4.78 is 0. The third-order valence-corrected chi connectivity index (χ3v) is 3.11. The summed E-state index contributed by atoms with van der Waals surface area (Å²) in [5.41, 5.74) is 2.11. The van der Waals surface area contributed by atoms with Crippen LogP contribution in [0.1, 0.15) is 41.0 Å². The highest BCUT2D eigenvalue weighted by molar-refractivity contribution is 5.92. The van der Waals surface area contributed by atoms with Gasteiger partial charge >= 0.3 is 0 Å². The maximum absolute atomic E-state index is 12.1. The fourth-order valence-corrected chi connectivity index (χ4v) is 1.92. The number of nitrogens with one attached hydrogen (secondary N) is 2. The Morgan fingerprint density at radius 2 is 1.95 bits per heavy atom. The van der Waals surface area contributed by atoms with Gasteiger partial charge in [-0.2, -0.15) is 5.10 Å². The molecule has 1 aromatic carbocycles. The van der Waals surface area contributed by atoms with E-state index in [1.807, 2.05) is 38.1 Å². The monoisotopic (exact) mass is 271 g/mol. The van der Waals surface area contributed by atoms with Crippen molar-refractivity contribution >= 4 is 5.91 Å². The lowest BCUT2D eigenvalue weighted by Gasteiger charge is -2.17. The van der Waals surface area contributed by atoms with Crippen molar-refractivity contribution in [3.63, 3.8) is 0 Å². The average Bonchev–Trinajstić information content (AvgIpc) is 2.46. The molecule has 0 bridgehead atoms. The molecule has 1 aromatic heterocycles. The topological polar surface area (TPSA) is 74.8 Å². The van der Waals surface area contributed by atoms with Gasteiger partial charge in [-0.3, -0.25) is 9.59 Å². The maximum Gasteiger partial charge on any atom is 0.272 e. The number of carbonyl (C=O) groups excluding carboxylic acids is 1. The minimum atomic E-state index is -0.327. The van der Waals surface area contributed by atoms with E-state index in [9.17, 15) is 9.59 Å². The molecule has 0 aliphatic heterocycles. The molecule has 104 valence electrons. The first kappa shape index (κ1) is 14.0. The van der Waals surface area contributed by atoms with Gasteiger partial charge in [0.15, 0.2) is 0 Å². The van der Waals surface area contributed by atoms with Crippen molar-refractivity contribution in [1.29, 1.82) is 0 Å². The van der Waals surface area contributed by atoms with Crippen LogP contribution in [-0.2, 0) is 0 Å². The number of aromatic amines is 1. The lowest BCUT2D eigenvalue weighted by atomic mass is 10.0. The molecule has 0 spiro atoms. The molecular weight excluding hydrogens is 254 g/mol. The zero-order valence-electron chi connectivity index (χ0n) is 11.5. The quantitative estimate of drug-likeness (QED) is 0.892. The van der Waals surface area contributed by atoms with Crippen LogP contribution in [0.3, 0.4) is 0 Å². The molecule has 5 nitrogen and oxygen atoms in total. The first-order chi connectivity index (χ1) is 9.60. The molecule has 2 N–H and O–H groups in total. The van der Waals surface area contributed by atoms with Crippen molar-refractivity contribution in [1.82, 2.24) is 15.5 Å². The molecule has 0 aliphatic rings. The molecule has 2 rings (SSSR count). The van der Waals surface area contributed by atoms with Crippen molar-refractivity contribution in [3.8, 4) is 0 Å². The molecule has 20 heavy (non-hydrogen) atoms. The molecule has 5 heteroatoms. The Labute approximate surface area is 117 Å². The van der Waals surface area contributed by atoms with Crippen molar-refractivity contribution in [2.75, 3.05) is 0 Å². The first-order valence-electron chi connectivity index (χ1n) is 6.53. The second-order valence-electron chi connectivity index (χ2n) is 4.65. The van der Waals surface area contributed by atoms with E-state index in [1.165, 1.54) is 17.7 Å². The highest BCUT2D eigenvalue weighted by Crippen LogP contribution is 2.17. The Morgan fingerprint density at radius 3 is 2.50 bits per heavy atom. The Bertz CT molecular complexity index is 626. The molecule has 0 radical (unpaired) electrons. The van der Waals surface area contributed by atoms with Crippen LogP contribution >= 0.6 is 0 Å². The fraction of sp³-hybridized carbons (Fsp3) is 0.267. The minimum absolute atomic E-state index is 0.0724. The van der Waals surface area contributed by atoms with Gasteiger partial charge in [-0.15, -0.1) is 0 Å². The lowest BCUT2D eigenvalue weighted by Crippen LogP contribution is -2.29. The Balaban J connectivity index is 2.13. The van der Waals surface area contributed by atoms with Crippen molar-refractivity contribution in [2.24, 2.45) is 0 Å². The number of hydrogen-bond donors (Lipinski definition) is 2.